The Balaban J connectivity index is 2.53. The number of rotatable bonds is 6. The Morgan fingerprint density at radius 2 is 0.757 bits per heavy atom. The van der Waals surface area contributed by atoms with E-state index in [1.54, 1.807) is 0 Å². The summed E-state index contributed by atoms with van der Waals surface area (Å²) in [5.74, 6) is -30.8. The first kappa shape index (κ1) is 29.8. The fourth-order valence-corrected chi connectivity index (χ4v) is 2.76. The van der Waals surface area contributed by atoms with Gasteiger partial charge in [-0.25, -0.2) is 9.59 Å². The second-order valence-electron chi connectivity index (χ2n) is 7.06. The number of benzene rings is 2. The van der Waals surface area contributed by atoms with Crippen molar-refractivity contribution in [3.05, 3.63) is 70.8 Å². The maximum Gasteiger partial charge on any atom is 0.460 e. The summed E-state index contributed by atoms with van der Waals surface area (Å²) < 4.78 is 189. The number of alkyl halides is 14. The second-order valence-corrected chi connectivity index (χ2v) is 7.06. The monoisotopic (exact) mass is 562 g/mol. The van der Waals surface area contributed by atoms with E-state index >= 15 is 0 Å². The highest BCUT2D eigenvalue weighted by Crippen LogP contribution is 2.53. The van der Waals surface area contributed by atoms with Crippen molar-refractivity contribution in [1.82, 2.24) is 0 Å². The quantitative estimate of drug-likeness (QED) is 0.212. The van der Waals surface area contributed by atoms with E-state index in [1.807, 2.05) is 0 Å². The Hall–Kier alpha value is -3.40. The zero-order valence-electron chi connectivity index (χ0n) is 17.1. The first-order valence-electron chi connectivity index (χ1n) is 9.12. The third kappa shape index (κ3) is 4.94. The van der Waals surface area contributed by atoms with Crippen molar-refractivity contribution < 1.29 is 75.8 Å². The van der Waals surface area contributed by atoms with E-state index in [1.165, 1.54) is 0 Å². The predicted octanol–water partition coefficient (Wildman–Crippen LogP) is 7.26. The van der Waals surface area contributed by atoms with Crippen LogP contribution in [0.1, 0.15) is 31.8 Å². The molecule has 37 heavy (non-hydrogen) atoms. The van der Waals surface area contributed by atoms with E-state index in [2.05, 4.69) is 4.74 Å². The molecule has 0 fully saturated rings. The Morgan fingerprint density at radius 1 is 0.486 bits per heavy atom. The standard InChI is InChI=1S/C20H8F14O3/c21-15(22,17(25,26)19(29,30)31)11-7-3-1-5-9(11)13(35)37-14(36)10-6-2-4-8-12(10)16(23,24)18(27,28)20(32,33)34/h1-8H. The van der Waals surface area contributed by atoms with Crippen LogP contribution in [0.15, 0.2) is 48.5 Å². The molecular formula is C20H8F14O3. The van der Waals surface area contributed by atoms with Crippen LogP contribution in [-0.2, 0) is 16.6 Å². The summed E-state index contributed by atoms with van der Waals surface area (Å²) >= 11 is 0. The molecule has 2 aromatic rings. The number of hydrogen-bond donors (Lipinski definition) is 0. The predicted molar refractivity (Wildman–Crippen MR) is 92.4 cm³/mol. The fourth-order valence-electron chi connectivity index (χ4n) is 2.76. The Morgan fingerprint density at radius 3 is 1.03 bits per heavy atom. The number of carbonyl (C=O) groups is 2. The molecular weight excluding hydrogens is 554 g/mol. The fraction of sp³-hybridized carbons (Fsp3) is 0.300. The average molecular weight is 562 g/mol. The lowest BCUT2D eigenvalue weighted by Crippen LogP contribution is -2.50. The molecule has 0 N–H and O–H groups in total. The van der Waals surface area contributed by atoms with Gasteiger partial charge in [-0.15, -0.1) is 0 Å². The van der Waals surface area contributed by atoms with E-state index in [9.17, 15) is 71.1 Å². The molecule has 2 aromatic carbocycles. The largest absolute Gasteiger partial charge is 0.460 e. The van der Waals surface area contributed by atoms with Crippen LogP contribution in [-0.4, -0.2) is 36.1 Å². The summed E-state index contributed by atoms with van der Waals surface area (Å²) in [6, 6.07) is 2.36. The first-order chi connectivity index (χ1) is 16.5. The van der Waals surface area contributed by atoms with Crippen LogP contribution in [0, 0.1) is 0 Å². The molecule has 0 aliphatic carbocycles. The van der Waals surface area contributed by atoms with Gasteiger partial charge in [0.25, 0.3) is 0 Å². The summed E-state index contributed by atoms with van der Waals surface area (Å²) in [6.45, 7) is 0. The van der Waals surface area contributed by atoms with Gasteiger partial charge in [-0.05, 0) is 12.1 Å². The minimum Gasteiger partial charge on any atom is -0.386 e. The second kappa shape index (κ2) is 9.16. The van der Waals surface area contributed by atoms with E-state index in [4.69, 9.17) is 0 Å². The lowest BCUT2D eigenvalue weighted by molar-refractivity contribution is -0.359. The molecule has 0 saturated carbocycles. The molecule has 0 bridgehead atoms. The lowest BCUT2D eigenvalue weighted by atomic mass is 9.95. The van der Waals surface area contributed by atoms with Crippen LogP contribution in [0.2, 0.25) is 0 Å². The Bertz CT molecular complexity index is 1090. The van der Waals surface area contributed by atoms with E-state index in [0.717, 1.165) is 0 Å². The molecule has 0 aliphatic heterocycles. The molecule has 0 saturated heterocycles. The molecule has 0 atom stereocenters. The summed E-state index contributed by atoms with van der Waals surface area (Å²) in [4.78, 5) is 24.3. The number of carbonyl (C=O) groups excluding carboxylic acids is 2. The van der Waals surface area contributed by atoms with E-state index in [0.29, 0.717) is 24.3 Å². The van der Waals surface area contributed by atoms with E-state index < -0.39 is 70.2 Å². The van der Waals surface area contributed by atoms with Crippen molar-refractivity contribution in [2.75, 3.05) is 0 Å². The molecule has 204 valence electrons. The average Bonchev–Trinajstić information content (AvgIpc) is 2.77. The normalized spacial score (nSPS) is 13.9. The maximum atomic E-state index is 14.1. The van der Waals surface area contributed by atoms with Gasteiger partial charge in [0.05, 0.1) is 11.1 Å². The van der Waals surface area contributed by atoms with E-state index in [-0.39, 0.29) is 24.3 Å². The Labute approximate surface area is 195 Å². The zero-order chi connectivity index (χ0) is 28.8. The summed E-state index contributed by atoms with van der Waals surface area (Å²) in [5, 5.41) is 0. The minimum absolute atomic E-state index is 0.0906. The molecule has 0 unspecified atom stereocenters. The summed E-state index contributed by atoms with van der Waals surface area (Å²) in [6.07, 6.45) is -13.7. The van der Waals surface area contributed by atoms with Crippen molar-refractivity contribution in [2.45, 2.75) is 36.0 Å². The van der Waals surface area contributed by atoms with Crippen molar-refractivity contribution in [3.8, 4) is 0 Å². The van der Waals surface area contributed by atoms with Crippen LogP contribution in [0.5, 0.6) is 0 Å². The van der Waals surface area contributed by atoms with Crippen molar-refractivity contribution in [3.63, 3.8) is 0 Å². The smallest absolute Gasteiger partial charge is 0.386 e. The SMILES string of the molecule is O=C(OC(=O)c1ccccc1C(F)(F)C(F)(F)C(F)(F)F)c1ccccc1C(F)(F)C(F)(F)C(F)(F)F. The van der Waals surface area contributed by atoms with Gasteiger partial charge in [-0.2, -0.15) is 61.5 Å². The molecule has 0 radical (unpaired) electrons. The van der Waals surface area contributed by atoms with Gasteiger partial charge in [0.2, 0.25) is 0 Å². The third-order valence-corrected chi connectivity index (χ3v) is 4.66. The number of hydrogen-bond acceptors (Lipinski definition) is 3. The molecule has 0 heterocycles. The molecule has 3 nitrogen and oxygen atoms in total. The lowest BCUT2D eigenvalue weighted by Gasteiger charge is -2.29. The molecule has 0 amide bonds. The number of ether oxygens (including phenoxy) is 1. The van der Waals surface area contributed by atoms with Gasteiger partial charge in [0.1, 0.15) is 0 Å². The third-order valence-electron chi connectivity index (χ3n) is 4.66. The topological polar surface area (TPSA) is 43.4 Å². The van der Waals surface area contributed by atoms with Gasteiger partial charge >= 0.3 is 48.0 Å². The van der Waals surface area contributed by atoms with Crippen LogP contribution in [0.25, 0.3) is 0 Å². The highest BCUT2D eigenvalue weighted by Gasteiger charge is 2.75. The van der Waals surface area contributed by atoms with Crippen LogP contribution in [0.4, 0.5) is 61.5 Å². The number of halogens is 14. The summed E-state index contributed by atoms with van der Waals surface area (Å²) in [5.41, 5.74) is -8.29. The van der Waals surface area contributed by atoms with Crippen LogP contribution < -0.4 is 0 Å². The molecule has 0 aliphatic rings. The van der Waals surface area contributed by atoms with Gasteiger partial charge in [0, 0.05) is 11.1 Å². The minimum atomic E-state index is -6.85. The first-order valence-corrected chi connectivity index (χ1v) is 9.12. The molecule has 0 aromatic heterocycles. The van der Waals surface area contributed by atoms with Crippen molar-refractivity contribution in [1.29, 1.82) is 0 Å². The Kier molecular flexibility index (Phi) is 7.39. The van der Waals surface area contributed by atoms with Gasteiger partial charge in [-0.1, -0.05) is 36.4 Å². The zero-order valence-corrected chi connectivity index (χ0v) is 17.1. The maximum absolute atomic E-state index is 14.1. The van der Waals surface area contributed by atoms with Crippen LogP contribution >= 0.6 is 0 Å². The van der Waals surface area contributed by atoms with Crippen molar-refractivity contribution >= 4 is 11.9 Å². The van der Waals surface area contributed by atoms with Gasteiger partial charge < -0.3 is 4.74 Å². The van der Waals surface area contributed by atoms with Crippen LogP contribution in [0.3, 0.4) is 0 Å². The van der Waals surface area contributed by atoms with Gasteiger partial charge in [-0.3, -0.25) is 0 Å². The molecule has 17 heteroatoms. The van der Waals surface area contributed by atoms with Crippen molar-refractivity contribution in [2.24, 2.45) is 0 Å². The number of esters is 2. The molecule has 0 spiro atoms. The molecule has 2 rings (SSSR count). The summed E-state index contributed by atoms with van der Waals surface area (Å²) in [7, 11) is 0. The highest BCUT2D eigenvalue weighted by molar-refractivity contribution is 6.04. The highest BCUT2D eigenvalue weighted by atomic mass is 19.4. The van der Waals surface area contributed by atoms with Gasteiger partial charge in [0.15, 0.2) is 0 Å².